The summed E-state index contributed by atoms with van der Waals surface area (Å²) in [5.41, 5.74) is 1.20. The highest BCUT2D eigenvalue weighted by Gasteiger charge is 2.05. The van der Waals surface area contributed by atoms with Crippen LogP contribution in [0.1, 0.15) is 30.1 Å². The Bertz CT molecular complexity index is 503. The molecule has 112 valence electrons. The summed E-state index contributed by atoms with van der Waals surface area (Å²) in [4.78, 5) is 22.6. The van der Waals surface area contributed by atoms with Crippen LogP contribution in [0.2, 0.25) is 0 Å². The predicted octanol–water partition coefficient (Wildman–Crippen LogP) is 3.30. The van der Waals surface area contributed by atoms with E-state index >= 15 is 0 Å². The highest BCUT2D eigenvalue weighted by molar-refractivity contribution is 5.89. The van der Waals surface area contributed by atoms with E-state index in [1.165, 1.54) is 0 Å². The van der Waals surface area contributed by atoms with Gasteiger partial charge in [-0.1, -0.05) is 43.9 Å². The first kappa shape index (κ1) is 16.7. The lowest BCUT2D eigenvalue weighted by Crippen LogP contribution is -2.06. The molecule has 0 aliphatic heterocycles. The molecule has 1 aromatic rings. The summed E-state index contributed by atoms with van der Waals surface area (Å²) in [6.45, 7) is 6.03. The summed E-state index contributed by atoms with van der Waals surface area (Å²) in [7, 11) is 0. The van der Waals surface area contributed by atoms with Crippen molar-refractivity contribution in [1.82, 2.24) is 0 Å². The molecule has 0 radical (unpaired) electrons. The summed E-state index contributed by atoms with van der Waals surface area (Å²) < 4.78 is 10.1. The predicted molar refractivity (Wildman–Crippen MR) is 80.9 cm³/mol. The van der Waals surface area contributed by atoms with Crippen LogP contribution in [0.3, 0.4) is 0 Å². The molecular weight excluding hydrogens is 268 g/mol. The molecule has 0 unspecified atom stereocenters. The summed E-state index contributed by atoms with van der Waals surface area (Å²) in [5.74, 6) is -0.582. The van der Waals surface area contributed by atoms with E-state index in [0.29, 0.717) is 30.6 Å². The molecular formula is C17H20O4. The van der Waals surface area contributed by atoms with E-state index in [1.54, 1.807) is 37.3 Å². The van der Waals surface area contributed by atoms with Crippen molar-refractivity contribution < 1.29 is 19.1 Å². The van der Waals surface area contributed by atoms with Crippen molar-refractivity contribution in [3.8, 4) is 0 Å². The largest absolute Gasteiger partial charge is 0.465 e. The maximum absolute atomic E-state index is 11.7. The molecule has 0 spiro atoms. The average molecular weight is 288 g/mol. The van der Waals surface area contributed by atoms with Crippen molar-refractivity contribution in [2.45, 2.75) is 19.8 Å². The van der Waals surface area contributed by atoms with Crippen LogP contribution in [0.25, 0.3) is 0 Å². The van der Waals surface area contributed by atoms with Crippen LogP contribution < -0.4 is 0 Å². The van der Waals surface area contributed by atoms with E-state index < -0.39 is 0 Å². The summed E-state index contributed by atoms with van der Waals surface area (Å²) >= 11 is 0. The zero-order chi connectivity index (χ0) is 15.5. The van der Waals surface area contributed by atoms with Gasteiger partial charge in [0.2, 0.25) is 0 Å². The van der Waals surface area contributed by atoms with E-state index in [0.717, 1.165) is 0 Å². The number of hydrogen-bond donors (Lipinski definition) is 0. The first-order valence-corrected chi connectivity index (χ1v) is 6.85. The highest BCUT2D eigenvalue weighted by atomic mass is 16.5. The molecule has 0 atom stereocenters. The average Bonchev–Trinajstić information content (AvgIpc) is 2.52. The molecule has 1 aromatic carbocycles. The van der Waals surface area contributed by atoms with Gasteiger partial charge in [0, 0.05) is 6.42 Å². The second kappa shape index (κ2) is 9.53. The van der Waals surface area contributed by atoms with Gasteiger partial charge >= 0.3 is 11.9 Å². The van der Waals surface area contributed by atoms with Crippen LogP contribution in [-0.2, 0) is 14.3 Å². The van der Waals surface area contributed by atoms with Gasteiger partial charge in [-0.2, -0.15) is 0 Å². The number of benzene rings is 1. The molecule has 4 heteroatoms. The Morgan fingerprint density at radius 2 is 1.90 bits per heavy atom. The zero-order valence-electron chi connectivity index (χ0n) is 12.2. The van der Waals surface area contributed by atoms with E-state index in [-0.39, 0.29) is 18.5 Å². The molecule has 0 fully saturated rings. The number of carbonyl (C=O) groups is 2. The molecule has 0 amide bonds. The maximum atomic E-state index is 11.7. The Labute approximate surface area is 125 Å². The minimum Gasteiger partial charge on any atom is -0.465 e. The van der Waals surface area contributed by atoms with Crippen molar-refractivity contribution in [2.24, 2.45) is 0 Å². The van der Waals surface area contributed by atoms with Crippen LogP contribution in [0, 0.1) is 0 Å². The molecule has 1 rings (SSSR count). The van der Waals surface area contributed by atoms with Gasteiger partial charge < -0.3 is 9.47 Å². The molecule has 21 heavy (non-hydrogen) atoms. The van der Waals surface area contributed by atoms with E-state index in [2.05, 4.69) is 6.58 Å². The number of esters is 2. The molecule has 0 N–H and O–H groups in total. The first-order chi connectivity index (χ1) is 10.1. The molecule has 0 aromatic heterocycles. The van der Waals surface area contributed by atoms with Crippen LogP contribution >= 0.6 is 0 Å². The fourth-order valence-corrected chi connectivity index (χ4v) is 1.46. The van der Waals surface area contributed by atoms with Crippen LogP contribution in [0.5, 0.6) is 0 Å². The Hall–Kier alpha value is -2.36. The van der Waals surface area contributed by atoms with Gasteiger partial charge in [-0.05, 0) is 24.1 Å². The fraction of sp³-hybridized carbons (Fsp3) is 0.294. The third-order valence-electron chi connectivity index (χ3n) is 2.59. The molecule has 0 heterocycles. The van der Waals surface area contributed by atoms with Crippen LogP contribution in [-0.4, -0.2) is 25.2 Å². The summed E-state index contributed by atoms with van der Waals surface area (Å²) in [6.07, 6.45) is 4.59. The molecule has 0 aliphatic rings. The number of carbonyl (C=O) groups excluding carboxylic acids is 2. The second-order valence-corrected chi connectivity index (χ2v) is 4.37. The monoisotopic (exact) mass is 288 g/mol. The van der Waals surface area contributed by atoms with Gasteiger partial charge in [0.1, 0.15) is 6.61 Å². The van der Waals surface area contributed by atoms with Crippen molar-refractivity contribution in [3.05, 3.63) is 60.2 Å². The van der Waals surface area contributed by atoms with Crippen molar-refractivity contribution in [1.29, 1.82) is 0 Å². The van der Waals surface area contributed by atoms with Crippen LogP contribution in [0.4, 0.5) is 0 Å². The molecule has 4 nitrogen and oxygen atoms in total. The number of hydrogen-bond acceptors (Lipinski definition) is 4. The van der Waals surface area contributed by atoms with Crippen molar-refractivity contribution in [3.63, 3.8) is 0 Å². The maximum Gasteiger partial charge on any atom is 0.338 e. The molecule has 0 bridgehead atoms. The standard InChI is InChI=1S/C17H20O4/c1-3-16(18)20-12-8-7-9-14(2)13-21-17(19)15-10-5-4-6-11-15/h4-7,9-11H,2-3,8,12-13H2,1H3. The van der Waals surface area contributed by atoms with Gasteiger partial charge in [0.05, 0.1) is 12.2 Å². The van der Waals surface area contributed by atoms with Crippen molar-refractivity contribution in [2.75, 3.05) is 13.2 Å². The van der Waals surface area contributed by atoms with Gasteiger partial charge in [0.25, 0.3) is 0 Å². The molecule has 0 saturated heterocycles. The minimum atomic E-state index is -0.373. The van der Waals surface area contributed by atoms with Crippen molar-refractivity contribution >= 4 is 11.9 Å². The van der Waals surface area contributed by atoms with E-state index in [9.17, 15) is 9.59 Å². The fourth-order valence-electron chi connectivity index (χ4n) is 1.46. The lowest BCUT2D eigenvalue weighted by molar-refractivity contribution is -0.143. The smallest absolute Gasteiger partial charge is 0.338 e. The first-order valence-electron chi connectivity index (χ1n) is 6.85. The summed E-state index contributed by atoms with van der Waals surface area (Å²) in [6, 6.07) is 8.79. The van der Waals surface area contributed by atoms with E-state index in [1.807, 2.05) is 12.1 Å². The van der Waals surface area contributed by atoms with Crippen LogP contribution in [0.15, 0.2) is 54.6 Å². The summed E-state index contributed by atoms with van der Waals surface area (Å²) in [5, 5.41) is 0. The topological polar surface area (TPSA) is 52.6 Å². The third-order valence-corrected chi connectivity index (χ3v) is 2.59. The Balaban J connectivity index is 2.22. The SMILES string of the molecule is C=C(C=CCCOC(=O)CC)COC(=O)c1ccccc1. The molecule has 0 aliphatic carbocycles. The zero-order valence-corrected chi connectivity index (χ0v) is 12.2. The van der Waals surface area contributed by atoms with Gasteiger partial charge in [0.15, 0.2) is 0 Å². The molecule has 0 saturated carbocycles. The highest BCUT2D eigenvalue weighted by Crippen LogP contribution is 2.03. The number of ether oxygens (including phenoxy) is 2. The number of rotatable bonds is 8. The second-order valence-electron chi connectivity index (χ2n) is 4.37. The third kappa shape index (κ3) is 7.11. The normalized spacial score (nSPS) is 10.3. The van der Waals surface area contributed by atoms with E-state index in [4.69, 9.17) is 9.47 Å². The quantitative estimate of drug-likeness (QED) is 0.418. The Morgan fingerprint density at radius 1 is 1.19 bits per heavy atom. The lowest BCUT2D eigenvalue weighted by atomic mass is 10.2. The Kier molecular flexibility index (Phi) is 7.58. The van der Waals surface area contributed by atoms with Gasteiger partial charge in [-0.15, -0.1) is 0 Å². The van der Waals surface area contributed by atoms with Gasteiger partial charge in [-0.3, -0.25) is 4.79 Å². The van der Waals surface area contributed by atoms with Gasteiger partial charge in [-0.25, -0.2) is 4.79 Å². The minimum absolute atomic E-state index is 0.138. The Morgan fingerprint density at radius 3 is 2.57 bits per heavy atom. The lowest BCUT2D eigenvalue weighted by Gasteiger charge is -2.04.